The number of rotatable bonds is 0. The van der Waals surface area contributed by atoms with Crippen LogP contribution in [0.3, 0.4) is 0 Å². The van der Waals surface area contributed by atoms with Crippen molar-refractivity contribution in [3.63, 3.8) is 0 Å². The van der Waals surface area contributed by atoms with Crippen LogP contribution in [0.4, 0.5) is 0 Å². The van der Waals surface area contributed by atoms with Crippen LogP contribution in [0, 0.1) is 41.7 Å². The summed E-state index contributed by atoms with van der Waals surface area (Å²) in [6.07, 6.45) is 0. The fourth-order valence-corrected chi connectivity index (χ4v) is 0. The van der Waals surface area contributed by atoms with Gasteiger partial charge in [0, 0.05) is 192 Å². The Hall–Kier alpha value is 6.25. The first-order valence-corrected chi connectivity index (χ1v) is 0. The summed E-state index contributed by atoms with van der Waals surface area (Å²) in [5, 5.41) is 0. The zero-order valence-corrected chi connectivity index (χ0v) is 17.6. The first kappa shape index (κ1) is 39.7. The second-order valence-corrected chi connectivity index (χ2v) is 0. The molecule has 0 aliphatic heterocycles. The Bertz CT molecular complexity index is 15.5. The molecule has 6 heavy (non-hydrogen) atoms. The first-order chi connectivity index (χ1) is 0. The molecule has 0 aromatic carbocycles. The molecule has 6 heteroatoms. The minimum atomic E-state index is 0. The van der Waals surface area contributed by atoms with Crippen LogP contribution in [0.5, 0.6) is 0 Å². The van der Waals surface area contributed by atoms with E-state index in [0.717, 1.165) is 0 Å². The summed E-state index contributed by atoms with van der Waals surface area (Å²) in [5.74, 6) is 0. The summed E-state index contributed by atoms with van der Waals surface area (Å²) in [7, 11) is 0. The summed E-state index contributed by atoms with van der Waals surface area (Å²) in [4.78, 5) is 0. The first-order valence-electron chi connectivity index (χ1n) is 0. The normalized spacial score (nSPS) is 0. The average molecular weight is 483 g/mol. The van der Waals surface area contributed by atoms with Crippen molar-refractivity contribution in [3.8, 4) is 0 Å². The van der Waals surface area contributed by atoms with Gasteiger partial charge in [-0.15, -0.1) is 0 Å². The van der Waals surface area contributed by atoms with Crippen molar-refractivity contribution in [2.45, 2.75) is 0 Å². The Kier molecular flexibility index (Phi) is 200. The molecule has 0 bridgehead atoms. The molecule has 0 aromatic heterocycles. The second kappa shape index (κ2) is 30.3. The van der Waals surface area contributed by atoms with Gasteiger partial charge in [0.25, 0.3) is 0 Å². The van der Waals surface area contributed by atoms with Crippen LogP contribution in [-0.4, -0.2) is 112 Å². The Balaban J connectivity index is 0. The minimum Gasteiger partial charge on any atom is 0 e. The molecule has 23 valence electrons. The summed E-state index contributed by atoms with van der Waals surface area (Å²) in [6, 6.07) is 0. The summed E-state index contributed by atoms with van der Waals surface area (Å²) in [6.45, 7) is 0. The van der Waals surface area contributed by atoms with Crippen LogP contribution < -0.4 is 0 Å². The van der Waals surface area contributed by atoms with Gasteiger partial charge in [-0.05, 0) is 0 Å². The number of hydrogen-bond acceptors (Lipinski definition) is 0. The molecule has 0 nitrogen and oxygen atoms in total. The van der Waals surface area contributed by atoms with Crippen LogP contribution in [-0.2, 0) is 38.1 Å². The molecular formula is CaCeFeKMgW. The van der Waals surface area contributed by atoms with E-state index >= 15 is 0 Å². The van der Waals surface area contributed by atoms with Crippen molar-refractivity contribution < 1.29 is 79.9 Å². The predicted molar refractivity (Wildman–Crippen MR) is 17.3 cm³/mol. The van der Waals surface area contributed by atoms with Crippen molar-refractivity contribution in [1.82, 2.24) is 0 Å². The molecule has 0 atom stereocenters. The Morgan fingerprint density at radius 1 is 1.00 bits per heavy atom. The monoisotopic (exact) mass is 483 g/mol. The molecule has 0 unspecified atom stereocenters. The van der Waals surface area contributed by atoms with E-state index in [2.05, 4.69) is 0 Å². The molecule has 0 rings (SSSR count). The van der Waals surface area contributed by atoms with Crippen molar-refractivity contribution in [2.75, 3.05) is 0 Å². The molecule has 0 heterocycles. The molecule has 0 spiro atoms. The van der Waals surface area contributed by atoms with E-state index in [1.807, 2.05) is 0 Å². The van der Waals surface area contributed by atoms with Gasteiger partial charge in [-0.3, -0.25) is 0 Å². The zero-order chi connectivity index (χ0) is 0. The third-order valence-corrected chi connectivity index (χ3v) is 0. The van der Waals surface area contributed by atoms with Crippen molar-refractivity contribution >= 4 is 112 Å². The van der Waals surface area contributed by atoms with Crippen LogP contribution in [0.2, 0.25) is 0 Å². The quantitative estimate of drug-likeness (QED) is 0.383. The van der Waals surface area contributed by atoms with Gasteiger partial charge < -0.3 is 0 Å². The van der Waals surface area contributed by atoms with E-state index in [4.69, 9.17) is 0 Å². The summed E-state index contributed by atoms with van der Waals surface area (Å²) < 4.78 is 0. The van der Waals surface area contributed by atoms with Gasteiger partial charge in [-0.25, -0.2) is 0 Å². The standard InChI is InChI=1S/Ca.Ce.Fe.K.Mg.W. The maximum Gasteiger partial charge on any atom is 0 e. The van der Waals surface area contributed by atoms with Gasteiger partial charge in [-0.2, -0.15) is 0 Å². The van der Waals surface area contributed by atoms with Crippen molar-refractivity contribution in [2.24, 2.45) is 0 Å². The van der Waals surface area contributed by atoms with Gasteiger partial charge in [-0.1, -0.05) is 0 Å². The van der Waals surface area contributed by atoms with Crippen LogP contribution in [0.1, 0.15) is 0 Å². The van der Waals surface area contributed by atoms with E-state index in [1.54, 1.807) is 0 Å². The van der Waals surface area contributed by atoms with Crippen molar-refractivity contribution in [3.05, 3.63) is 0 Å². The van der Waals surface area contributed by atoms with Gasteiger partial charge in [0.1, 0.15) is 0 Å². The maximum atomic E-state index is 0. The molecule has 0 N–H and O–H groups in total. The van der Waals surface area contributed by atoms with Crippen molar-refractivity contribution in [1.29, 1.82) is 0 Å². The molecule has 0 aliphatic rings. The topological polar surface area (TPSA) is 0 Å². The molecule has 0 fully saturated rings. The molecular weight excluding hydrogens is 483 g/mol. The van der Waals surface area contributed by atoms with E-state index < -0.39 is 0 Å². The Labute approximate surface area is 186 Å². The van der Waals surface area contributed by atoms with Gasteiger partial charge in [0.05, 0.1) is 0 Å². The van der Waals surface area contributed by atoms with E-state index in [0.29, 0.717) is 0 Å². The maximum absolute atomic E-state index is 0. The SMILES string of the molecule is [Ca].[Ce].[Fe].[K].[Mg].[W]. The number of hydrogen-bond donors (Lipinski definition) is 0. The zero-order valence-electron chi connectivity index (χ0n) is 3.68. The summed E-state index contributed by atoms with van der Waals surface area (Å²) in [5.41, 5.74) is 0. The second-order valence-electron chi connectivity index (χ2n) is 0. The molecule has 0 saturated carbocycles. The van der Waals surface area contributed by atoms with Gasteiger partial charge in [0.15, 0.2) is 0 Å². The van der Waals surface area contributed by atoms with Gasteiger partial charge in [0.2, 0.25) is 0 Å². The van der Waals surface area contributed by atoms with Gasteiger partial charge >= 0.3 is 0 Å². The smallest absolute Gasteiger partial charge is 0 e. The van der Waals surface area contributed by atoms with Crippen LogP contribution in [0.15, 0.2) is 0 Å². The third-order valence-electron chi connectivity index (χ3n) is 0. The predicted octanol–water partition coefficient (Wildman–Crippen LogP) is -1.15. The average Bonchev–Trinajstić information content (AvgIpc) is 0. The molecule has 0 aliphatic carbocycles. The molecule has 0 saturated heterocycles. The molecule has 0 aromatic rings. The van der Waals surface area contributed by atoms with Crippen LogP contribution in [0.25, 0.3) is 0 Å². The van der Waals surface area contributed by atoms with Crippen LogP contribution >= 0.6 is 0 Å². The Morgan fingerprint density at radius 3 is 1.00 bits per heavy atom. The fraction of sp³-hybridized carbons (Fsp3) is 0. The summed E-state index contributed by atoms with van der Waals surface area (Å²) >= 11 is 0. The van der Waals surface area contributed by atoms with E-state index in [9.17, 15) is 0 Å². The van der Waals surface area contributed by atoms with E-state index in [1.165, 1.54) is 0 Å². The minimum absolute atomic E-state index is 0. The third kappa shape index (κ3) is 22.5. The fourth-order valence-electron chi connectivity index (χ4n) is 0. The Morgan fingerprint density at radius 2 is 1.00 bits per heavy atom. The molecule has 5 radical (unpaired) electrons. The van der Waals surface area contributed by atoms with E-state index in [-0.39, 0.29) is 192 Å². The molecule has 0 amide bonds. The largest absolute Gasteiger partial charge is 0 e.